The molecule has 1 unspecified atom stereocenters. The monoisotopic (exact) mass is 202 g/mol. The summed E-state index contributed by atoms with van der Waals surface area (Å²) in [6, 6.07) is 0.634. The summed E-state index contributed by atoms with van der Waals surface area (Å²) in [5.41, 5.74) is 0. The highest BCUT2D eigenvalue weighted by Gasteiger charge is 2.13. The molecule has 0 radical (unpaired) electrons. The van der Waals surface area contributed by atoms with Gasteiger partial charge in [-0.25, -0.2) is 0 Å². The minimum Gasteiger partial charge on any atom is -0.355 e. The molecule has 0 aromatic heterocycles. The second-order valence-corrected chi connectivity index (χ2v) is 4.23. The van der Waals surface area contributed by atoms with E-state index in [4.69, 9.17) is 0 Å². The van der Waals surface area contributed by atoms with Crippen molar-refractivity contribution in [3.8, 4) is 0 Å². The van der Waals surface area contributed by atoms with Crippen LogP contribution in [0.25, 0.3) is 0 Å². The molecular formula is C9H18N2OS. The highest BCUT2D eigenvalue weighted by atomic mass is 32.2. The highest BCUT2D eigenvalue weighted by molar-refractivity contribution is 7.99. The topological polar surface area (TPSA) is 41.1 Å². The zero-order chi connectivity index (χ0) is 9.52. The summed E-state index contributed by atoms with van der Waals surface area (Å²) in [6.45, 7) is 1.96. The Morgan fingerprint density at radius 2 is 2.54 bits per heavy atom. The molecule has 0 bridgehead atoms. The third kappa shape index (κ3) is 4.52. The Morgan fingerprint density at radius 3 is 3.15 bits per heavy atom. The zero-order valence-electron chi connectivity index (χ0n) is 8.14. The maximum Gasteiger partial charge on any atom is 0.229 e. The summed E-state index contributed by atoms with van der Waals surface area (Å²) >= 11 is 1.56. The van der Waals surface area contributed by atoms with Crippen molar-refractivity contribution in [2.75, 3.05) is 25.1 Å². The van der Waals surface area contributed by atoms with Crippen molar-refractivity contribution < 1.29 is 4.79 Å². The molecule has 76 valence electrons. The van der Waals surface area contributed by atoms with E-state index in [2.05, 4.69) is 10.6 Å². The molecular weight excluding hydrogens is 184 g/mol. The van der Waals surface area contributed by atoms with Crippen LogP contribution >= 0.6 is 11.8 Å². The fraction of sp³-hybridized carbons (Fsp3) is 0.889. The van der Waals surface area contributed by atoms with Crippen molar-refractivity contribution in [3.63, 3.8) is 0 Å². The number of amides is 1. The predicted octanol–water partition coefficient (Wildman–Crippen LogP) is 0.608. The van der Waals surface area contributed by atoms with Gasteiger partial charge in [0.1, 0.15) is 0 Å². The van der Waals surface area contributed by atoms with E-state index < -0.39 is 0 Å². The molecule has 0 saturated carbocycles. The van der Waals surface area contributed by atoms with E-state index in [-0.39, 0.29) is 5.91 Å². The van der Waals surface area contributed by atoms with E-state index in [0.29, 0.717) is 11.8 Å². The van der Waals surface area contributed by atoms with E-state index in [9.17, 15) is 4.79 Å². The van der Waals surface area contributed by atoms with Crippen LogP contribution < -0.4 is 10.6 Å². The van der Waals surface area contributed by atoms with Crippen LogP contribution in [0.4, 0.5) is 0 Å². The van der Waals surface area contributed by atoms with Gasteiger partial charge >= 0.3 is 0 Å². The highest BCUT2D eigenvalue weighted by Crippen LogP contribution is 2.07. The van der Waals surface area contributed by atoms with Crippen molar-refractivity contribution in [2.24, 2.45) is 0 Å². The molecule has 1 heterocycles. The molecule has 1 saturated heterocycles. The Balaban J connectivity index is 1.96. The van der Waals surface area contributed by atoms with E-state index in [1.54, 1.807) is 11.8 Å². The molecule has 13 heavy (non-hydrogen) atoms. The van der Waals surface area contributed by atoms with Crippen LogP contribution in [0.2, 0.25) is 0 Å². The first kappa shape index (κ1) is 10.9. The minimum absolute atomic E-state index is 0.158. The number of hydrogen-bond acceptors (Lipinski definition) is 3. The standard InChI is InChI=1S/C9H18N2OS/c1-13-7-9(12)11-6-4-8-3-2-5-10-8/h8,10H,2-7H2,1H3,(H,11,12). The van der Waals surface area contributed by atoms with E-state index in [1.807, 2.05) is 6.26 Å². The molecule has 0 aromatic rings. The lowest BCUT2D eigenvalue weighted by Gasteiger charge is -2.10. The lowest BCUT2D eigenvalue weighted by Crippen LogP contribution is -2.31. The molecule has 1 amide bonds. The van der Waals surface area contributed by atoms with Crippen molar-refractivity contribution in [1.29, 1.82) is 0 Å². The molecule has 1 aliphatic rings. The number of thioether (sulfide) groups is 1. The zero-order valence-corrected chi connectivity index (χ0v) is 8.95. The second kappa shape index (κ2) is 6.27. The molecule has 0 spiro atoms. The van der Waals surface area contributed by atoms with E-state index in [0.717, 1.165) is 19.5 Å². The van der Waals surface area contributed by atoms with E-state index in [1.165, 1.54) is 12.8 Å². The van der Waals surface area contributed by atoms with Crippen LogP contribution in [0, 0.1) is 0 Å². The molecule has 1 atom stereocenters. The first-order valence-corrected chi connectivity index (χ1v) is 6.21. The molecule has 4 heteroatoms. The van der Waals surface area contributed by atoms with Crippen LogP contribution in [0.5, 0.6) is 0 Å². The lowest BCUT2D eigenvalue weighted by molar-refractivity contribution is -0.118. The average molecular weight is 202 g/mol. The first-order valence-electron chi connectivity index (χ1n) is 4.82. The van der Waals surface area contributed by atoms with Gasteiger partial charge in [-0.05, 0) is 32.1 Å². The van der Waals surface area contributed by atoms with Gasteiger partial charge in [-0.1, -0.05) is 0 Å². The van der Waals surface area contributed by atoms with Gasteiger partial charge in [-0.3, -0.25) is 4.79 Å². The number of carbonyl (C=O) groups excluding carboxylic acids is 1. The molecule has 3 nitrogen and oxygen atoms in total. The molecule has 1 rings (SSSR count). The summed E-state index contributed by atoms with van der Waals surface area (Å²) in [5.74, 6) is 0.739. The number of rotatable bonds is 5. The number of carbonyl (C=O) groups is 1. The maximum atomic E-state index is 11.1. The molecule has 1 aliphatic heterocycles. The van der Waals surface area contributed by atoms with Crippen LogP contribution in [0.1, 0.15) is 19.3 Å². The van der Waals surface area contributed by atoms with Crippen molar-refractivity contribution in [3.05, 3.63) is 0 Å². The summed E-state index contributed by atoms with van der Waals surface area (Å²) < 4.78 is 0. The van der Waals surface area contributed by atoms with Gasteiger partial charge in [0.15, 0.2) is 0 Å². The third-order valence-electron chi connectivity index (χ3n) is 2.25. The normalized spacial score (nSPS) is 21.8. The van der Waals surface area contributed by atoms with Gasteiger partial charge in [-0.15, -0.1) is 0 Å². The van der Waals surface area contributed by atoms with Gasteiger partial charge in [0, 0.05) is 12.6 Å². The summed E-state index contributed by atoms with van der Waals surface area (Å²) in [7, 11) is 0. The summed E-state index contributed by atoms with van der Waals surface area (Å²) in [4.78, 5) is 11.1. The van der Waals surface area contributed by atoms with Crippen LogP contribution in [-0.4, -0.2) is 37.0 Å². The van der Waals surface area contributed by atoms with Crippen molar-refractivity contribution >= 4 is 17.7 Å². The minimum atomic E-state index is 0.158. The Morgan fingerprint density at radius 1 is 1.69 bits per heavy atom. The van der Waals surface area contributed by atoms with Gasteiger partial charge in [0.2, 0.25) is 5.91 Å². The molecule has 0 aliphatic carbocycles. The summed E-state index contributed by atoms with van der Waals surface area (Å²) in [6.07, 6.45) is 5.56. The largest absolute Gasteiger partial charge is 0.355 e. The number of nitrogens with one attached hydrogen (secondary N) is 2. The average Bonchev–Trinajstić information content (AvgIpc) is 2.57. The van der Waals surface area contributed by atoms with Gasteiger partial charge in [0.05, 0.1) is 5.75 Å². The Labute approximate surface area is 84.0 Å². The van der Waals surface area contributed by atoms with Crippen LogP contribution in [-0.2, 0) is 4.79 Å². The first-order chi connectivity index (χ1) is 6.33. The second-order valence-electron chi connectivity index (χ2n) is 3.36. The summed E-state index contributed by atoms with van der Waals surface area (Å²) in [5, 5.41) is 6.32. The Kier molecular flexibility index (Phi) is 5.23. The SMILES string of the molecule is CSCC(=O)NCCC1CCCN1. The molecule has 2 N–H and O–H groups in total. The van der Waals surface area contributed by atoms with E-state index >= 15 is 0 Å². The maximum absolute atomic E-state index is 11.1. The molecule has 1 fully saturated rings. The van der Waals surface area contributed by atoms with Gasteiger partial charge in [0.25, 0.3) is 0 Å². The van der Waals surface area contributed by atoms with Crippen LogP contribution in [0.3, 0.4) is 0 Å². The Bertz CT molecular complexity index is 158. The van der Waals surface area contributed by atoms with Crippen LogP contribution in [0.15, 0.2) is 0 Å². The van der Waals surface area contributed by atoms with Gasteiger partial charge < -0.3 is 10.6 Å². The fourth-order valence-corrected chi connectivity index (χ4v) is 1.94. The lowest BCUT2D eigenvalue weighted by atomic mass is 10.1. The fourth-order valence-electron chi connectivity index (χ4n) is 1.57. The molecule has 0 aromatic carbocycles. The third-order valence-corrected chi connectivity index (χ3v) is 2.80. The smallest absolute Gasteiger partial charge is 0.229 e. The quantitative estimate of drug-likeness (QED) is 0.686. The van der Waals surface area contributed by atoms with Crippen molar-refractivity contribution in [2.45, 2.75) is 25.3 Å². The number of hydrogen-bond donors (Lipinski definition) is 2. The van der Waals surface area contributed by atoms with Gasteiger partial charge in [-0.2, -0.15) is 11.8 Å². The van der Waals surface area contributed by atoms with Crippen molar-refractivity contribution in [1.82, 2.24) is 10.6 Å². The Hall–Kier alpha value is -0.220. The predicted molar refractivity (Wildman–Crippen MR) is 57.0 cm³/mol.